The summed E-state index contributed by atoms with van der Waals surface area (Å²) in [6.45, 7) is 3.18. The van der Waals surface area contributed by atoms with Gasteiger partial charge in [0, 0.05) is 25.2 Å². The Balaban J connectivity index is 1.97. The molecule has 1 heterocycles. The molecule has 0 bridgehead atoms. The molecule has 0 aromatic heterocycles. The van der Waals surface area contributed by atoms with Gasteiger partial charge in [-0.25, -0.2) is 8.78 Å². The predicted octanol–water partition coefficient (Wildman–Crippen LogP) is 2.72. The molecule has 0 saturated carbocycles. The number of ether oxygens (including phenoxy) is 1. The Morgan fingerprint density at radius 3 is 2.43 bits per heavy atom. The van der Waals surface area contributed by atoms with Crippen molar-refractivity contribution in [2.45, 2.75) is 26.2 Å². The first-order chi connectivity index (χ1) is 10.0. The van der Waals surface area contributed by atoms with Crippen LogP contribution in [0.4, 0.5) is 20.2 Å². The molecule has 0 spiro atoms. The minimum atomic E-state index is -0.642. The number of nitrogens with zero attached hydrogens (tertiary/aromatic N) is 1. The minimum Gasteiger partial charge on any atom is -0.466 e. The maximum atomic E-state index is 13.9. The summed E-state index contributed by atoms with van der Waals surface area (Å²) in [5, 5.41) is 0. The van der Waals surface area contributed by atoms with Gasteiger partial charge >= 0.3 is 5.97 Å². The highest BCUT2D eigenvalue weighted by molar-refractivity contribution is 5.69. The summed E-state index contributed by atoms with van der Waals surface area (Å²) in [6, 6.07) is 2.26. The van der Waals surface area contributed by atoms with Crippen molar-refractivity contribution in [3.63, 3.8) is 0 Å². The van der Waals surface area contributed by atoms with Crippen LogP contribution in [-0.2, 0) is 9.53 Å². The second-order valence-electron chi connectivity index (χ2n) is 5.27. The molecule has 1 fully saturated rings. The molecule has 0 aliphatic carbocycles. The highest BCUT2D eigenvalue weighted by Crippen LogP contribution is 2.30. The first-order valence-electron chi connectivity index (χ1n) is 7.16. The Labute approximate surface area is 122 Å². The lowest BCUT2D eigenvalue weighted by Gasteiger charge is -2.33. The zero-order valence-corrected chi connectivity index (χ0v) is 12.1. The van der Waals surface area contributed by atoms with Gasteiger partial charge in [-0.2, -0.15) is 0 Å². The van der Waals surface area contributed by atoms with Gasteiger partial charge in [-0.05, 0) is 37.8 Å². The van der Waals surface area contributed by atoms with Gasteiger partial charge in [-0.1, -0.05) is 0 Å². The quantitative estimate of drug-likeness (QED) is 0.686. The fourth-order valence-corrected chi connectivity index (χ4v) is 2.70. The highest BCUT2D eigenvalue weighted by Gasteiger charge is 2.25. The minimum absolute atomic E-state index is 0.0289. The zero-order valence-electron chi connectivity index (χ0n) is 12.1. The Hall–Kier alpha value is -1.85. The number of piperidine rings is 1. The zero-order chi connectivity index (χ0) is 15.4. The Kier molecular flexibility index (Phi) is 4.98. The van der Waals surface area contributed by atoms with Crippen LogP contribution in [0.3, 0.4) is 0 Å². The standard InChI is InChI=1S/C15H20F2N2O2/c1-2-21-14(20)7-10-3-5-19(6-4-10)15-12(16)8-11(18)9-13(15)17/h8-10H,2-7,18H2,1H3. The number of rotatable bonds is 4. The van der Waals surface area contributed by atoms with Gasteiger partial charge < -0.3 is 15.4 Å². The molecule has 116 valence electrons. The predicted molar refractivity (Wildman–Crippen MR) is 77.0 cm³/mol. The van der Waals surface area contributed by atoms with Crippen molar-refractivity contribution < 1.29 is 18.3 Å². The first kappa shape index (κ1) is 15.5. The van der Waals surface area contributed by atoms with E-state index in [1.54, 1.807) is 11.8 Å². The Bertz CT molecular complexity index is 491. The number of carbonyl (C=O) groups is 1. The van der Waals surface area contributed by atoms with E-state index in [1.165, 1.54) is 0 Å². The van der Waals surface area contributed by atoms with E-state index in [1.807, 2.05) is 0 Å². The van der Waals surface area contributed by atoms with Gasteiger partial charge in [0.25, 0.3) is 0 Å². The van der Waals surface area contributed by atoms with Crippen LogP contribution < -0.4 is 10.6 Å². The summed E-state index contributed by atoms with van der Waals surface area (Å²) in [4.78, 5) is 13.1. The molecule has 1 saturated heterocycles. The van der Waals surface area contributed by atoms with Crippen molar-refractivity contribution in [2.75, 3.05) is 30.3 Å². The molecule has 0 radical (unpaired) electrons. The second-order valence-corrected chi connectivity index (χ2v) is 5.27. The fourth-order valence-electron chi connectivity index (χ4n) is 2.70. The molecule has 6 heteroatoms. The first-order valence-corrected chi connectivity index (χ1v) is 7.16. The summed E-state index contributed by atoms with van der Waals surface area (Å²) in [7, 11) is 0. The smallest absolute Gasteiger partial charge is 0.306 e. The maximum Gasteiger partial charge on any atom is 0.306 e. The summed E-state index contributed by atoms with van der Waals surface area (Å²) >= 11 is 0. The van der Waals surface area contributed by atoms with Gasteiger partial charge in [-0.3, -0.25) is 4.79 Å². The number of carbonyl (C=O) groups excluding carboxylic acids is 1. The van der Waals surface area contributed by atoms with Crippen LogP contribution in [0.2, 0.25) is 0 Å². The van der Waals surface area contributed by atoms with Crippen LogP contribution >= 0.6 is 0 Å². The summed E-state index contributed by atoms with van der Waals surface area (Å²) in [5.74, 6) is -1.28. The largest absolute Gasteiger partial charge is 0.466 e. The van der Waals surface area contributed by atoms with Crippen molar-refractivity contribution in [2.24, 2.45) is 5.92 Å². The van der Waals surface area contributed by atoms with E-state index in [-0.39, 0.29) is 23.3 Å². The third kappa shape index (κ3) is 3.83. The summed E-state index contributed by atoms with van der Waals surface area (Å²) < 4.78 is 32.7. The molecular formula is C15H20F2N2O2. The molecule has 4 nitrogen and oxygen atoms in total. The molecule has 2 N–H and O–H groups in total. The number of benzene rings is 1. The van der Waals surface area contributed by atoms with E-state index < -0.39 is 11.6 Å². The van der Waals surface area contributed by atoms with E-state index in [0.717, 1.165) is 12.1 Å². The molecule has 1 aromatic carbocycles. The molecular weight excluding hydrogens is 278 g/mol. The van der Waals surface area contributed by atoms with Gasteiger partial charge in [0.05, 0.1) is 6.61 Å². The van der Waals surface area contributed by atoms with Crippen molar-refractivity contribution >= 4 is 17.3 Å². The Morgan fingerprint density at radius 2 is 1.90 bits per heavy atom. The SMILES string of the molecule is CCOC(=O)CC1CCN(c2c(F)cc(N)cc2F)CC1. The molecule has 1 aliphatic heterocycles. The number of nitrogens with two attached hydrogens (primary N) is 1. The Morgan fingerprint density at radius 1 is 1.33 bits per heavy atom. The number of hydrogen-bond acceptors (Lipinski definition) is 4. The molecule has 0 atom stereocenters. The van der Waals surface area contributed by atoms with E-state index in [4.69, 9.17) is 10.5 Å². The fraction of sp³-hybridized carbons (Fsp3) is 0.533. The van der Waals surface area contributed by atoms with Crippen molar-refractivity contribution in [1.82, 2.24) is 0 Å². The van der Waals surface area contributed by atoms with Crippen LogP contribution in [-0.4, -0.2) is 25.7 Å². The van der Waals surface area contributed by atoms with E-state index in [2.05, 4.69) is 0 Å². The number of nitrogen functional groups attached to an aromatic ring is 1. The lowest BCUT2D eigenvalue weighted by molar-refractivity contribution is -0.144. The molecule has 0 unspecified atom stereocenters. The summed E-state index contributed by atoms with van der Waals surface area (Å²) in [5.41, 5.74) is 5.46. The number of halogens is 2. The normalized spacial score (nSPS) is 16.0. The van der Waals surface area contributed by atoms with E-state index in [0.29, 0.717) is 39.0 Å². The van der Waals surface area contributed by atoms with Gasteiger partial charge in [-0.15, -0.1) is 0 Å². The lowest BCUT2D eigenvalue weighted by Crippen LogP contribution is -2.35. The van der Waals surface area contributed by atoms with Crippen molar-refractivity contribution in [1.29, 1.82) is 0 Å². The van der Waals surface area contributed by atoms with Crippen LogP contribution in [0.1, 0.15) is 26.2 Å². The average Bonchev–Trinajstić information content (AvgIpc) is 2.39. The van der Waals surface area contributed by atoms with Gasteiger partial charge in [0.15, 0.2) is 11.6 Å². The molecule has 0 amide bonds. The van der Waals surface area contributed by atoms with Crippen LogP contribution in [0.15, 0.2) is 12.1 Å². The van der Waals surface area contributed by atoms with E-state index >= 15 is 0 Å². The van der Waals surface area contributed by atoms with Gasteiger partial charge in [0.1, 0.15) is 5.69 Å². The number of anilines is 2. The molecule has 1 aliphatic rings. The third-order valence-electron chi connectivity index (χ3n) is 3.73. The molecule has 21 heavy (non-hydrogen) atoms. The molecule has 1 aromatic rings. The van der Waals surface area contributed by atoms with Crippen LogP contribution in [0, 0.1) is 17.6 Å². The lowest BCUT2D eigenvalue weighted by atomic mass is 9.93. The third-order valence-corrected chi connectivity index (χ3v) is 3.73. The van der Waals surface area contributed by atoms with Gasteiger partial charge in [0.2, 0.25) is 0 Å². The number of hydrogen-bond donors (Lipinski definition) is 1. The van der Waals surface area contributed by atoms with Crippen molar-refractivity contribution in [3.05, 3.63) is 23.8 Å². The van der Waals surface area contributed by atoms with E-state index in [9.17, 15) is 13.6 Å². The molecule has 2 rings (SSSR count). The number of esters is 1. The topological polar surface area (TPSA) is 55.6 Å². The second kappa shape index (κ2) is 6.74. The average molecular weight is 298 g/mol. The van der Waals surface area contributed by atoms with Crippen LogP contribution in [0.25, 0.3) is 0 Å². The highest BCUT2D eigenvalue weighted by atomic mass is 19.1. The summed E-state index contributed by atoms with van der Waals surface area (Å²) in [6.07, 6.45) is 1.79. The van der Waals surface area contributed by atoms with Crippen LogP contribution in [0.5, 0.6) is 0 Å². The van der Waals surface area contributed by atoms with Crippen molar-refractivity contribution in [3.8, 4) is 0 Å². The maximum absolute atomic E-state index is 13.9. The monoisotopic (exact) mass is 298 g/mol.